The lowest BCUT2D eigenvalue weighted by atomic mass is 10.0. The van der Waals surface area contributed by atoms with E-state index in [0.29, 0.717) is 12.0 Å². The van der Waals surface area contributed by atoms with Crippen molar-refractivity contribution in [3.05, 3.63) is 35.4 Å². The van der Waals surface area contributed by atoms with E-state index in [9.17, 15) is 8.78 Å². The fourth-order valence-corrected chi connectivity index (χ4v) is 2.04. The molecule has 0 saturated carbocycles. The molecule has 0 amide bonds. The molecule has 18 heavy (non-hydrogen) atoms. The van der Waals surface area contributed by atoms with Gasteiger partial charge in [0.05, 0.1) is 0 Å². The zero-order valence-corrected chi connectivity index (χ0v) is 11.3. The lowest BCUT2D eigenvalue weighted by Gasteiger charge is -2.18. The van der Waals surface area contributed by atoms with Crippen LogP contribution in [0.15, 0.2) is 18.2 Å². The van der Waals surface area contributed by atoms with E-state index in [0.717, 1.165) is 32.2 Å². The Labute approximate surface area is 109 Å². The third-order valence-electron chi connectivity index (χ3n) is 3.06. The summed E-state index contributed by atoms with van der Waals surface area (Å²) in [7, 11) is 0. The van der Waals surface area contributed by atoms with Gasteiger partial charge in [-0.05, 0) is 49.6 Å². The van der Waals surface area contributed by atoms with Gasteiger partial charge in [0.25, 0.3) is 0 Å². The molecule has 0 spiro atoms. The highest BCUT2D eigenvalue weighted by Crippen LogP contribution is 2.14. The molecule has 3 heteroatoms. The topological polar surface area (TPSA) is 12.0 Å². The first-order valence-corrected chi connectivity index (χ1v) is 6.84. The zero-order chi connectivity index (χ0) is 13.4. The van der Waals surface area contributed by atoms with Crippen LogP contribution in [0.5, 0.6) is 0 Å². The molecule has 0 fully saturated rings. The van der Waals surface area contributed by atoms with Crippen molar-refractivity contribution < 1.29 is 8.78 Å². The van der Waals surface area contributed by atoms with Crippen LogP contribution >= 0.6 is 0 Å². The molecule has 1 aromatic rings. The predicted molar refractivity (Wildman–Crippen MR) is 71.7 cm³/mol. The van der Waals surface area contributed by atoms with Crippen LogP contribution in [0.1, 0.15) is 45.1 Å². The van der Waals surface area contributed by atoms with Gasteiger partial charge in [-0.1, -0.05) is 26.7 Å². The van der Waals surface area contributed by atoms with Crippen molar-refractivity contribution >= 4 is 0 Å². The van der Waals surface area contributed by atoms with E-state index in [1.165, 1.54) is 18.2 Å². The Balaban J connectivity index is 2.65. The van der Waals surface area contributed by atoms with E-state index in [1.54, 1.807) is 0 Å². The second kappa shape index (κ2) is 8.20. The van der Waals surface area contributed by atoms with Crippen molar-refractivity contribution in [2.75, 3.05) is 6.54 Å². The Bertz CT molecular complexity index is 344. The second-order valence-corrected chi connectivity index (χ2v) is 4.73. The van der Waals surface area contributed by atoms with Gasteiger partial charge in [0.2, 0.25) is 0 Å². The van der Waals surface area contributed by atoms with Gasteiger partial charge in [-0.25, -0.2) is 8.78 Å². The minimum Gasteiger partial charge on any atom is -0.314 e. The van der Waals surface area contributed by atoms with Crippen LogP contribution < -0.4 is 5.32 Å². The van der Waals surface area contributed by atoms with Crippen LogP contribution in [0.25, 0.3) is 0 Å². The molecular weight excluding hydrogens is 232 g/mol. The van der Waals surface area contributed by atoms with Crippen molar-refractivity contribution in [1.82, 2.24) is 5.32 Å². The molecule has 0 aliphatic heterocycles. The number of rotatable bonds is 8. The average molecular weight is 255 g/mol. The lowest BCUT2D eigenvalue weighted by molar-refractivity contribution is 0.452. The Morgan fingerprint density at radius 3 is 2.61 bits per heavy atom. The monoisotopic (exact) mass is 255 g/mol. The summed E-state index contributed by atoms with van der Waals surface area (Å²) in [6.45, 7) is 5.16. The van der Waals surface area contributed by atoms with E-state index < -0.39 is 0 Å². The molecule has 1 nitrogen and oxygen atoms in total. The van der Waals surface area contributed by atoms with Crippen LogP contribution in [-0.4, -0.2) is 12.6 Å². The molecule has 1 aromatic carbocycles. The van der Waals surface area contributed by atoms with Crippen molar-refractivity contribution in [3.8, 4) is 0 Å². The predicted octanol–water partition coefficient (Wildman–Crippen LogP) is 4.07. The first kappa shape index (κ1) is 15.1. The molecule has 0 aliphatic rings. The van der Waals surface area contributed by atoms with Crippen LogP contribution in [-0.2, 0) is 6.42 Å². The molecule has 0 heterocycles. The molecule has 1 atom stereocenters. The summed E-state index contributed by atoms with van der Waals surface area (Å²) in [4.78, 5) is 0. The van der Waals surface area contributed by atoms with Gasteiger partial charge >= 0.3 is 0 Å². The van der Waals surface area contributed by atoms with Crippen LogP contribution in [0.3, 0.4) is 0 Å². The highest BCUT2D eigenvalue weighted by atomic mass is 19.1. The molecule has 1 rings (SSSR count). The maximum Gasteiger partial charge on any atom is 0.126 e. The average Bonchev–Trinajstić information content (AvgIpc) is 2.37. The summed E-state index contributed by atoms with van der Waals surface area (Å²) in [5.41, 5.74) is 0.472. The first-order chi connectivity index (χ1) is 8.67. The van der Waals surface area contributed by atoms with Gasteiger partial charge < -0.3 is 5.32 Å². The maximum absolute atomic E-state index is 13.6. The van der Waals surface area contributed by atoms with Gasteiger partial charge in [0.15, 0.2) is 0 Å². The van der Waals surface area contributed by atoms with Gasteiger partial charge in [-0.2, -0.15) is 0 Å². The summed E-state index contributed by atoms with van der Waals surface area (Å²) in [6, 6.07) is 3.92. The molecule has 0 bridgehead atoms. The Hall–Kier alpha value is -0.960. The summed E-state index contributed by atoms with van der Waals surface area (Å²) < 4.78 is 26.7. The van der Waals surface area contributed by atoms with Crippen LogP contribution in [0, 0.1) is 11.6 Å². The fourth-order valence-electron chi connectivity index (χ4n) is 2.04. The van der Waals surface area contributed by atoms with E-state index in [-0.39, 0.29) is 17.7 Å². The number of benzene rings is 1. The van der Waals surface area contributed by atoms with Gasteiger partial charge in [-0.15, -0.1) is 0 Å². The molecule has 0 aliphatic carbocycles. The lowest BCUT2D eigenvalue weighted by Crippen LogP contribution is -2.32. The quantitative estimate of drug-likeness (QED) is 0.738. The van der Waals surface area contributed by atoms with E-state index in [1.807, 2.05) is 0 Å². The number of unbranched alkanes of at least 4 members (excludes halogenated alkanes) is 1. The van der Waals surface area contributed by atoms with Crippen LogP contribution in [0.4, 0.5) is 8.78 Å². The van der Waals surface area contributed by atoms with Crippen molar-refractivity contribution in [2.24, 2.45) is 0 Å². The SMILES string of the molecule is CCCCC(Cc1cc(F)ccc1F)NCCC. The van der Waals surface area contributed by atoms with Crippen molar-refractivity contribution in [2.45, 2.75) is 52.0 Å². The number of nitrogens with one attached hydrogen (secondary N) is 1. The zero-order valence-electron chi connectivity index (χ0n) is 11.3. The number of hydrogen-bond donors (Lipinski definition) is 1. The van der Waals surface area contributed by atoms with E-state index >= 15 is 0 Å². The van der Waals surface area contributed by atoms with Crippen molar-refractivity contribution in [1.29, 1.82) is 0 Å². The molecule has 0 saturated heterocycles. The highest BCUT2D eigenvalue weighted by molar-refractivity contribution is 5.19. The van der Waals surface area contributed by atoms with Crippen LogP contribution in [0.2, 0.25) is 0 Å². The minimum atomic E-state index is -0.365. The van der Waals surface area contributed by atoms with E-state index in [4.69, 9.17) is 0 Å². The molecule has 0 aromatic heterocycles. The molecule has 0 radical (unpaired) electrons. The second-order valence-electron chi connectivity index (χ2n) is 4.73. The van der Waals surface area contributed by atoms with Gasteiger partial charge in [0, 0.05) is 6.04 Å². The first-order valence-electron chi connectivity index (χ1n) is 6.84. The van der Waals surface area contributed by atoms with E-state index in [2.05, 4.69) is 19.2 Å². The third kappa shape index (κ3) is 5.13. The Morgan fingerprint density at radius 1 is 1.17 bits per heavy atom. The van der Waals surface area contributed by atoms with Gasteiger partial charge in [0.1, 0.15) is 11.6 Å². The summed E-state index contributed by atoms with van der Waals surface area (Å²) in [5, 5.41) is 3.41. The van der Waals surface area contributed by atoms with Crippen molar-refractivity contribution in [3.63, 3.8) is 0 Å². The molecule has 1 N–H and O–H groups in total. The smallest absolute Gasteiger partial charge is 0.126 e. The minimum absolute atomic E-state index is 0.237. The Morgan fingerprint density at radius 2 is 1.94 bits per heavy atom. The fraction of sp³-hybridized carbons (Fsp3) is 0.600. The molecular formula is C15H23F2N. The molecule has 102 valence electrons. The normalized spacial score (nSPS) is 12.7. The summed E-state index contributed by atoms with van der Waals surface area (Å²) >= 11 is 0. The third-order valence-corrected chi connectivity index (χ3v) is 3.06. The van der Waals surface area contributed by atoms with Gasteiger partial charge in [-0.3, -0.25) is 0 Å². The summed E-state index contributed by atoms with van der Waals surface area (Å²) in [5.74, 6) is -0.674. The molecule has 1 unspecified atom stereocenters. The number of halogens is 2. The standard InChI is InChI=1S/C15H23F2N/c1-3-5-6-14(18-9-4-2)11-12-10-13(16)7-8-15(12)17/h7-8,10,14,18H,3-6,9,11H2,1-2H3. The Kier molecular flexibility index (Phi) is 6.88. The maximum atomic E-state index is 13.6. The number of hydrogen-bond acceptors (Lipinski definition) is 1. The summed E-state index contributed by atoms with van der Waals surface area (Å²) in [6.07, 6.45) is 4.85. The largest absolute Gasteiger partial charge is 0.314 e. The highest BCUT2D eigenvalue weighted by Gasteiger charge is 2.12.